The molecule has 14 heteroatoms. The molecule has 0 spiro atoms. The number of hydrogen-bond acceptors (Lipinski definition) is 10. The van der Waals surface area contributed by atoms with Gasteiger partial charge in [-0.1, -0.05) is 35.5 Å². The molecule has 12 nitrogen and oxygen atoms in total. The quantitative estimate of drug-likeness (QED) is 0.202. The maximum atomic E-state index is 13.8. The van der Waals surface area contributed by atoms with Crippen molar-refractivity contribution in [3.05, 3.63) is 71.5 Å². The highest BCUT2D eigenvalue weighted by atomic mass is 32.1. The zero-order valence-electron chi connectivity index (χ0n) is 26.3. The molecular formula is C32H39N7O5S2. The van der Waals surface area contributed by atoms with Crippen molar-refractivity contribution in [2.24, 2.45) is 0 Å². The molecule has 2 fully saturated rings. The van der Waals surface area contributed by atoms with Crippen LogP contribution in [0.2, 0.25) is 0 Å². The van der Waals surface area contributed by atoms with Crippen molar-refractivity contribution in [3.63, 3.8) is 0 Å². The number of aryl methyl sites for hydroxylation is 1. The summed E-state index contributed by atoms with van der Waals surface area (Å²) in [7, 11) is 1.63. The van der Waals surface area contributed by atoms with Crippen LogP contribution in [0, 0.1) is 0 Å². The molecule has 3 aromatic rings. The number of hydrogen-bond donors (Lipinski definition) is 4. The maximum absolute atomic E-state index is 13.8. The maximum Gasteiger partial charge on any atom is 0.407 e. The molecule has 3 amide bonds. The SMILES string of the molecule is CN1C(=O)C2(CS)C[C@]3(c4ccc(OCCCn5cc(CNC(=O)OC(C)(C)C)nn5)cc4)c4ccccc4N[C@@H]3N2C(=O)[C@@H]1S. The monoisotopic (exact) mass is 665 g/mol. The summed E-state index contributed by atoms with van der Waals surface area (Å²) in [5.74, 6) is 0.525. The van der Waals surface area contributed by atoms with E-state index < -0.39 is 34.2 Å². The number of piperazine rings is 1. The molecule has 1 aromatic heterocycles. The van der Waals surface area contributed by atoms with E-state index in [1.165, 1.54) is 4.90 Å². The van der Waals surface area contributed by atoms with Crippen LogP contribution in [-0.4, -0.2) is 84.8 Å². The number of aromatic nitrogens is 3. The number of amides is 3. The summed E-state index contributed by atoms with van der Waals surface area (Å²) in [5, 5.41) is 13.6. The number of anilines is 1. The minimum absolute atomic E-state index is 0.158. The first-order chi connectivity index (χ1) is 21.9. The fourth-order valence-electron chi connectivity index (χ4n) is 6.82. The van der Waals surface area contributed by atoms with Crippen molar-refractivity contribution in [2.45, 2.75) is 74.8 Å². The average molecular weight is 666 g/mol. The van der Waals surface area contributed by atoms with Gasteiger partial charge in [0.05, 0.1) is 24.8 Å². The molecule has 0 aliphatic carbocycles. The van der Waals surface area contributed by atoms with Crippen LogP contribution in [0.4, 0.5) is 10.5 Å². The predicted octanol–water partition coefficient (Wildman–Crippen LogP) is 3.44. The first-order valence-electron chi connectivity index (χ1n) is 15.2. The summed E-state index contributed by atoms with van der Waals surface area (Å²) < 4.78 is 13.0. The normalized spacial score (nSPS) is 25.1. The van der Waals surface area contributed by atoms with Gasteiger partial charge in [-0.25, -0.2) is 4.79 Å². The standard InChI is InChI=1S/C32H39N7O5S2/c1-30(2,3)44-29(42)33-16-21-17-38(36-35-21)14-7-15-43-22-12-10-20(11-13-22)32-18-31(19-45)28(41)37(4)26(46)25(40)39(31)27(32)34-24-9-6-5-8-23(24)32/h5-6,8-13,17,26-27,34,45-46H,7,14-16,18-19H2,1-4H3,(H,33,42)/t26-,27+,31?,32-/m0/s1. The number of carbonyl (C=O) groups excluding carboxylic acids is 3. The van der Waals surface area contributed by atoms with Crippen LogP contribution < -0.4 is 15.4 Å². The van der Waals surface area contributed by atoms with Crippen LogP contribution in [0.3, 0.4) is 0 Å². The molecule has 3 aliphatic heterocycles. The smallest absolute Gasteiger partial charge is 0.407 e. The molecule has 3 aliphatic rings. The third-order valence-corrected chi connectivity index (χ3v) is 9.92. The highest BCUT2D eigenvalue weighted by molar-refractivity contribution is 7.81. The Kier molecular flexibility index (Phi) is 8.38. The molecule has 0 radical (unpaired) electrons. The molecule has 2 aromatic carbocycles. The van der Waals surface area contributed by atoms with Gasteiger partial charge in [0.15, 0.2) is 5.37 Å². The van der Waals surface area contributed by atoms with Crippen molar-refractivity contribution < 1.29 is 23.9 Å². The Morgan fingerprint density at radius 1 is 1.15 bits per heavy atom. The van der Waals surface area contributed by atoms with E-state index in [1.807, 2.05) is 63.2 Å². The Morgan fingerprint density at radius 2 is 1.89 bits per heavy atom. The number of nitrogens with one attached hydrogen (secondary N) is 2. The number of rotatable bonds is 9. The molecule has 4 atom stereocenters. The van der Waals surface area contributed by atoms with Gasteiger partial charge in [-0.15, -0.1) is 17.7 Å². The van der Waals surface area contributed by atoms with Gasteiger partial charge in [0.2, 0.25) is 0 Å². The van der Waals surface area contributed by atoms with Gasteiger partial charge in [-0.3, -0.25) is 14.3 Å². The Bertz CT molecular complexity index is 1640. The van der Waals surface area contributed by atoms with Gasteiger partial charge in [0, 0.05) is 31.5 Å². The molecule has 0 bridgehead atoms. The van der Waals surface area contributed by atoms with Crippen LogP contribution in [0.1, 0.15) is 50.4 Å². The average Bonchev–Trinajstić information content (AvgIpc) is 3.70. The Labute approximate surface area is 279 Å². The van der Waals surface area contributed by atoms with E-state index in [1.54, 1.807) is 22.8 Å². The highest BCUT2D eigenvalue weighted by Gasteiger charge is 2.70. The predicted molar refractivity (Wildman–Crippen MR) is 178 cm³/mol. The number of thiol groups is 2. The zero-order chi connectivity index (χ0) is 32.9. The molecule has 4 heterocycles. The second kappa shape index (κ2) is 12.0. The van der Waals surface area contributed by atoms with Crippen LogP contribution in [-0.2, 0) is 32.8 Å². The lowest BCUT2D eigenvalue weighted by Gasteiger charge is -2.47. The summed E-state index contributed by atoms with van der Waals surface area (Å²) in [6, 6.07) is 15.9. The van der Waals surface area contributed by atoms with E-state index in [2.05, 4.69) is 52.3 Å². The molecule has 244 valence electrons. The zero-order valence-corrected chi connectivity index (χ0v) is 28.1. The molecule has 46 heavy (non-hydrogen) atoms. The van der Waals surface area contributed by atoms with Gasteiger partial charge in [0.25, 0.3) is 11.8 Å². The van der Waals surface area contributed by atoms with E-state index in [0.717, 1.165) is 16.8 Å². The first-order valence-corrected chi connectivity index (χ1v) is 16.4. The van der Waals surface area contributed by atoms with Crippen molar-refractivity contribution in [2.75, 3.05) is 24.7 Å². The highest BCUT2D eigenvalue weighted by Crippen LogP contribution is 2.59. The van der Waals surface area contributed by atoms with Crippen LogP contribution in [0.5, 0.6) is 5.75 Å². The lowest BCUT2D eigenvalue weighted by Crippen LogP contribution is -2.70. The van der Waals surface area contributed by atoms with Crippen molar-refractivity contribution in [1.29, 1.82) is 0 Å². The fraction of sp³-hybridized carbons (Fsp3) is 0.469. The van der Waals surface area contributed by atoms with Crippen molar-refractivity contribution in [3.8, 4) is 5.75 Å². The summed E-state index contributed by atoms with van der Waals surface area (Å²) in [6.45, 7) is 6.69. The van der Waals surface area contributed by atoms with Crippen LogP contribution >= 0.6 is 25.3 Å². The van der Waals surface area contributed by atoms with Gasteiger partial charge in [-0.2, -0.15) is 12.6 Å². The molecule has 2 saturated heterocycles. The Morgan fingerprint density at radius 3 is 2.61 bits per heavy atom. The third kappa shape index (κ3) is 5.44. The molecule has 6 rings (SSSR count). The second-order valence-electron chi connectivity index (χ2n) is 13.0. The fourth-order valence-corrected chi connectivity index (χ4v) is 7.45. The number of likely N-dealkylation sites (N-methyl/N-ethyl adjacent to an activating group) is 1. The lowest BCUT2D eigenvalue weighted by atomic mass is 9.70. The minimum atomic E-state index is -1.11. The number of fused-ring (bicyclic) bond motifs is 5. The topological polar surface area (TPSA) is 131 Å². The number of para-hydroxylation sites is 1. The van der Waals surface area contributed by atoms with Crippen LogP contribution in [0.25, 0.3) is 0 Å². The molecule has 2 N–H and O–H groups in total. The minimum Gasteiger partial charge on any atom is -0.494 e. The largest absolute Gasteiger partial charge is 0.494 e. The van der Waals surface area contributed by atoms with Gasteiger partial charge < -0.3 is 29.9 Å². The number of ether oxygens (including phenoxy) is 2. The second-order valence-corrected chi connectivity index (χ2v) is 13.8. The van der Waals surface area contributed by atoms with Gasteiger partial charge >= 0.3 is 6.09 Å². The number of alkyl carbamates (subject to hydrolysis) is 1. The van der Waals surface area contributed by atoms with Gasteiger partial charge in [0.1, 0.15) is 28.7 Å². The first kappa shape index (κ1) is 32.0. The summed E-state index contributed by atoms with van der Waals surface area (Å²) in [6.07, 6.45) is 1.88. The Hall–Kier alpha value is -3.91. The molecule has 0 saturated carbocycles. The summed E-state index contributed by atoms with van der Waals surface area (Å²) in [4.78, 5) is 42.5. The summed E-state index contributed by atoms with van der Waals surface area (Å²) in [5.41, 5.74) is 1.23. The summed E-state index contributed by atoms with van der Waals surface area (Å²) >= 11 is 9.14. The van der Waals surface area contributed by atoms with E-state index in [0.29, 0.717) is 37.4 Å². The van der Waals surface area contributed by atoms with E-state index >= 15 is 0 Å². The third-order valence-electron chi connectivity index (χ3n) is 8.83. The number of carbonyl (C=O) groups is 3. The van der Waals surface area contributed by atoms with Gasteiger partial charge in [-0.05, 0) is 56.5 Å². The number of nitrogens with zero attached hydrogens (tertiary/aromatic N) is 5. The van der Waals surface area contributed by atoms with E-state index in [4.69, 9.17) is 9.47 Å². The molecular weight excluding hydrogens is 627 g/mol. The van der Waals surface area contributed by atoms with Crippen molar-refractivity contribution in [1.82, 2.24) is 30.1 Å². The van der Waals surface area contributed by atoms with E-state index in [-0.39, 0.29) is 24.1 Å². The molecule has 1 unspecified atom stereocenters. The number of benzene rings is 2. The lowest BCUT2D eigenvalue weighted by molar-refractivity contribution is -0.162. The van der Waals surface area contributed by atoms with Crippen molar-refractivity contribution >= 4 is 48.9 Å². The van der Waals surface area contributed by atoms with E-state index in [9.17, 15) is 14.4 Å². The van der Waals surface area contributed by atoms with Crippen LogP contribution in [0.15, 0.2) is 54.7 Å². The Balaban J connectivity index is 1.13.